The van der Waals surface area contributed by atoms with Crippen LogP contribution < -0.4 is 9.80 Å². The smallest absolute Gasteiger partial charge is 0.251 e. The Hall–Kier alpha value is -2.93. The van der Waals surface area contributed by atoms with Crippen molar-refractivity contribution in [1.29, 1.82) is 0 Å². The molecule has 2 aliphatic heterocycles. The maximum absolute atomic E-state index is 14.0. The Labute approximate surface area is 156 Å². The molecule has 7 heteroatoms. The summed E-state index contributed by atoms with van der Waals surface area (Å²) in [6.07, 6.45) is 0.0593. The Kier molecular flexibility index (Phi) is 4.53. The third-order valence-electron chi connectivity index (χ3n) is 5.19. The van der Waals surface area contributed by atoms with E-state index in [0.717, 1.165) is 10.6 Å². The Morgan fingerprint density at radius 3 is 2.19 bits per heavy atom. The van der Waals surface area contributed by atoms with Crippen LogP contribution in [0.25, 0.3) is 0 Å². The second kappa shape index (κ2) is 7.00. The molecule has 0 radical (unpaired) electrons. The van der Waals surface area contributed by atoms with Crippen molar-refractivity contribution in [3.05, 3.63) is 54.3 Å². The van der Waals surface area contributed by atoms with Gasteiger partial charge in [0, 0.05) is 26.2 Å². The lowest BCUT2D eigenvalue weighted by Gasteiger charge is -2.38. The van der Waals surface area contributed by atoms with E-state index in [9.17, 15) is 19.1 Å². The van der Waals surface area contributed by atoms with Gasteiger partial charge in [-0.1, -0.05) is 24.3 Å². The quantitative estimate of drug-likeness (QED) is 0.839. The van der Waals surface area contributed by atoms with Crippen molar-refractivity contribution in [3.8, 4) is 5.75 Å². The number of anilines is 2. The molecular formula is C20H20FN3O3. The number of hydrogen-bond acceptors (Lipinski definition) is 5. The molecule has 1 atom stereocenters. The summed E-state index contributed by atoms with van der Waals surface area (Å²) in [5.41, 5.74) is 0.779. The van der Waals surface area contributed by atoms with E-state index in [1.54, 1.807) is 18.2 Å². The summed E-state index contributed by atoms with van der Waals surface area (Å²) in [5.74, 6) is -1.10. The van der Waals surface area contributed by atoms with Crippen LogP contribution in [-0.4, -0.2) is 54.0 Å². The van der Waals surface area contributed by atoms with Gasteiger partial charge in [-0.15, -0.1) is 0 Å². The van der Waals surface area contributed by atoms with E-state index in [4.69, 9.17) is 0 Å². The van der Waals surface area contributed by atoms with Gasteiger partial charge in [-0.25, -0.2) is 9.29 Å². The molecule has 2 aromatic rings. The molecule has 2 amide bonds. The van der Waals surface area contributed by atoms with Crippen molar-refractivity contribution < 1.29 is 19.1 Å². The van der Waals surface area contributed by atoms with Crippen molar-refractivity contribution in [3.63, 3.8) is 0 Å². The highest BCUT2D eigenvalue weighted by molar-refractivity contribution is 6.22. The molecule has 0 aromatic heterocycles. The van der Waals surface area contributed by atoms with E-state index in [0.29, 0.717) is 26.2 Å². The minimum Gasteiger partial charge on any atom is -0.506 e. The Morgan fingerprint density at radius 1 is 0.889 bits per heavy atom. The average molecular weight is 369 g/mol. The van der Waals surface area contributed by atoms with Gasteiger partial charge in [0.15, 0.2) is 0 Å². The predicted octanol–water partition coefficient (Wildman–Crippen LogP) is 1.99. The van der Waals surface area contributed by atoms with Crippen LogP contribution in [0.4, 0.5) is 15.8 Å². The molecule has 0 unspecified atom stereocenters. The second-order valence-corrected chi connectivity index (χ2v) is 6.75. The van der Waals surface area contributed by atoms with Crippen molar-refractivity contribution >= 4 is 23.2 Å². The number of para-hydroxylation sites is 3. The number of aromatic hydroxyl groups is 1. The lowest BCUT2D eigenvalue weighted by molar-refractivity contribution is -0.123. The zero-order valence-electron chi connectivity index (χ0n) is 14.7. The lowest BCUT2D eigenvalue weighted by Crippen LogP contribution is -2.52. The van der Waals surface area contributed by atoms with Crippen molar-refractivity contribution in [2.75, 3.05) is 36.0 Å². The predicted molar refractivity (Wildman–Crippen MR) is 99.2 cm³/mol. The zero-order chi connectivity index (χ0) is 19.0. The van der Waals surface area contributed by atoms with Gasteiger partial charge in [-0.05, 0) is 24.3 Å². The number of piperazine rings is 1. The first-order valence-electron chi connectivity index (χ1n) is 8.94. The molecule has 140 valence electrons. The SMILES string of the molecule is O=C1C[C@H](N2CCN(c3ccccc3O)CC2)C(=O)N1c1ccccc1F. The van der Waals surface area contributed by atoms with E-state index >= 15 is 0 Å². The Balaban J connectivity index is 1.46. The normalized spacial score (nSPS) is 21.1. The molecule has 1 N–H and O–H groups in total. The number of nitrogens with zero attached hydrogens (tertiary/aromatic N) is 3. The third-order valence-corrected chi connectivity index (χ3v) is 5.19. The highest BCUT2D eigenvalue weighted by Crippen LogP contribution is 2.30. The number of carbonyl (C=O) groups is 2. The molecule has 4 rings (SSSR count). The lowest BCUT2D eigenvalue weighted by atomic mass is 10.1. The van der Waals surface area contributed by atoms with Gasteiger partial charge < -0.3 is 10.0 Å². The zero-order valence-corrected chi connectivity index (χ0v) is 14.7. The minimum atomic E-state index is -0.579. The highest BCUT2D eigenvalue weighted by atomic mass is 19.1. The fraction of sp³-hybridized carbons (Fsp3) is 0.300. The Bertz CT molecular complexity index is 880. The minimum absolute atomic E-state index is 0.0165. The summed E-state index contributed by atoms with van der Waals surface area (Å²) in [6, 6.07) is 12.4. The van der Waals surface area contributed by atoms with Crippen molar-refractivity contribution in [1.82, 2.24) is 4.90 Å². The van der Waals surface area contributed by atoms with Crippen LogP contribution in [0.1, 0.15) is 6.42 Å². The fourth-order valence-electron chi connectivity index (χ4n) is 3.79. The number of carbonyl (C=O) groups excluding carboxylic acids is 2. The summed E-state index contributed by atoms with van der Waals surface area (Å²) < 4.78 is 14.0. The number of phenols is 1. The first-order chi connectivity index (χ1) is 13.1. The molecule has 2 aliphatic rings. The molecule has 2 heterocycles. The molecule has 0 bridgehead atoms. The largest absolute Gasteiger partial charge is 0.506 e. The number of imide groups is 1. The number of benzene rings is 2. The van der Waals surface area contributed by atoms with Crippen molar-refractivity contribution in [2.45, 2.75) is 12.5 Å². The van der Waals surface area contributed by atoms with Crippen LogP contribution in [0, 0.1) is 5.82 Å². The van der Waals surface area contributed by atoms with Gasteiger partial charge in [0.1, 0.15) is 11.6 Å². The maximum atomic E-state index is 14.0. The summed E-state index contributed by atoms with van der Waals surface area (Å²) in [5, 5.41) is 10.0. The summed E-state index contributed by atoms with van der Waals surface area (Å²) >= 11 is 0. The summed E-state index contributed by atoms with van der Waals surface area (Å²) in [6.45, 7) is 2.44. The van der Waals surface area contributed by atoms with Gasteiger partial charge in [0.05, 0.1) is 23.8 Å². The van der Waals surface area contributed by atoms with Gasteiger partial charge in [-0.2, -0.15) is 0 Å². The number of halogens is 1. The molecule has 27 heavy (non-hydrogen) atoms. The number of phenolic OH excluding ortho intramolecular Hbond substituents is 1. The van der Waals surface area contributed by atoms with Gasteiger partial charge in [0.25, 0.3) is 5.91 Å². The first kappa shape index (κ1) is 17.5. The summed E-state index contributed by atoms with van der Waals surface area (Å²) in [4.78, 5) is 30.2. The third kappa shape index (κ3) is 3.14. The molecular weight excluding hydrogens is 349 g/mol. The standard InChI is InChI=1S/C20H20FN3O3/c21-14-5-1-2-6-15(14)24-19(26)13-17(20(24)27)23-11-9-22(10-12-23)16-7-3-4-8-18(16)25/h1-8,17,25H,9-13H2/t17-/m0/s1. The molecule has 0 spiro atoms. The van der Waals surface area contributed by atoms with Crippen LogP contribution in [0.3, 0.4) is 0 Å². The molecule has 0 aliphatic carbocycles. The molecule has 2 fully saturated rings. The van der Waals surface area contributed by atoms with Crippen LogP contribution in [0.15, 0.2) is 48.5 Å². The number of amides is 2. The second-order valence-electron chi connectivity index (χ2n) is 6.75. The van der Waals surface area contributed by atoms with Crippen LogP contribution >= 0.6 is 0 Å². The molecule has 2 aromatic carbocycles. The van der Waals surface area contributed by atoms with E-state index in [1.165, 1.54) is 18.2 Å². The fourth-order valence-corrected chi connectivity index (χ4v) is 3.79. The van der Waals surface area contributed by atoms with Crippen LogP contribution in [0.5, 0.6) is 5.75 Å². The van der Waals surface area contributed by atoms with Crippen molar-refractivity contribution in [2.24, 2.45) is 0 Å². The number of hydrogen-bond donors (Lipinski definition) is 1. The number of rotatable bonds is 3. The average Bonchev–Trinajstić information content (AvgIpc) is 2.97. The topological polar surface area (TPSA) is 64.1 Å². The first-order valence-corrected chi connectivity index (χ1v) is 8.94. The van der Waals surface area contributed by atoms with Gasteiger partial charge in [0.2, 0.25) is 5.91 Å². The maximum Gasteiger partial charge on any atom is 0.251 e. The Morgan fingerprint density at radius 2 is 1.52 bits per heavy atom. The van der Waals surface area contributed by atoms with Gasteiger partial charge >= 0.3 is 0 Å². The molecule has 2 saturated heterocycles. The van der Waals surface area contributed by atoms with E-state index < -0.39 is 11.9 Å². The monoisotopic (exact) mass is 369 g/mol. The van der Waals surface area contributed by atoms with Crippen LogP contribution in [0.2, 0.25) is 0 Å². The van der Waals surface area contributed by atoms with Gasteiger partial charge in [-0.3, -0.25) is 14.5 Å². The van der Waals surface area contributed by atoms with E-state index in [2.05, 4.69) is 4.90 Å². The molecule has 0 saturated carbocycles. The van der Waals surface area contributed by atoms with Crippen LogP contribution in [-0.2, 0) is 9.59 Å². The van der Waals surface area contributed by atoms with E-state index in [-0.39, 0.29) is 29.7 Å². The molecule has 6 nitrogen and oxygen atoms in total. The van der Waals surface area contributed by atoms with E-state index in [1.807, 2.05) is 17.0 Å². The highest BCUT2D eigenvalue weighted by Gasteiger charge is 2.44. The summed E-state index contributed by atoms with van der Waals surface area (Å²) in [7, 11) is 0.